The Labute approximate surface area is 176 Å². The van der Waals surface area contributed by atoms with Crippen LogP contribution in [0.15, 0.2) is 18.2 Å². The molecule has 6 nitrogen and oxygen atoms in total. The van der Waals surface area contributed by atoms with Crippen LogP contribution in [0, 0.1) is 0 Å². The molecule has 2 aliphatic heterocycles. The molecule has 3 aliphatic rings. The molecule has 1 spiro atoms. The average molecular weight is 418 g/mol. The molecule has 1 aliphatic carbocycles. The first-order valence-corrected chi connectivity index (χ1v) is 11.0. The molecule has 3 heterocycles. The molecule has 1 saturated carbocycles. The number of benzene rings is 1. The molecule has 156 valence electrons. The first-order valence-electron chi connectivity index (χ1n) is 10.6. The molecular weight excluding hydrogens is 390 g/mol. The summed E-state index contributed by atoms with van der Waals surface area (Å²) in [6.07, 6.45) is 6.52. The maximum Gasteiger partial charge on any atom is 0.179 e. The van der Waals surface area contributed by atoms with E-state index in [9.17, 15) is 0 Å². The van der Waals surface area contributed by atoms with Gasteiger partial charge in [-0.3, -0.25) is 4.57 Å². The van der Waals surface area contributed by atoms with Gasteiger partial charge in [-0.1, -0.05) is 18.5 Å². The van der Waals surface area contributed by atoms with Gasteiger partial charge in [0.05, 0.1) is 30.9 Å². The van der Waals surface area contributed by atoms with Crippen molar-refractivity contribution < 1.29 is 14.2 Å². The van der Waals surface area contributed by atoms with E-state index >= 15 is 0 Å². The summed E-state index contributed by atoms with van der Waals surface area (Å²) in [6, 6.07) is 6.04. The van der Waals surface area contributed by atoms with E-state index in [4.69, 9.17) is 25.8 Å². The van der Waals surface area contributed by atoms with Crippen LogP contribution in [0.1, 0.15) is 62.2 Å². The number of hydrogen-bond donors (Lipinski definition) is 0. The molecule has 0 N–H and O–H groups in total. The van der Waals surface area contributed by atoms with Crippen LogP contribution >= 0.6 is 11.6 Å². The highest BCUT2D eigenvalue weighted by molar-refractivity contribution is 6.30. The zero-order valence-corrected chi connectivity index (χ0v) is 17.9. The second-order valence-corrected chi connectivity index (χ2v) is 9.00. The van der Waals surface area contributed by atoms with Gasteiger partial charge in [0.15, 0.2) is 5.79 Å². The van der Waals surface area contributed by atoms with Crippen molar-refractivity contribution in [2.24, 2.45) is 0 Å². The van der Waals surface area contributed by atoms with Gasteiger partial charge in [-0.25, -0.2) is 0 Å². The fourth-order valence-corrected chi connectivity index (χ4v) is 5.48. The molecule has 1 aromatic carbocycles. The Morgan fingerprint density at radius 2 is 1.93 bits per heavy atom. The van der Waals surface area contributed by atoms with E-state index in [1.54, 1.807) is 0 Å². The molecule has 0 bridgehead atoms. The lowest BCUT2D eigenvalue weighted by molar-refractivity contribution is -0.155. The van der Waals surface area contributed by atoms with Gasteiger partial charge in [0.25, 0.3) is 0 Å². The summed E-state index contributed by atoms with van der Waals surface area (Å²) in [6.45, 7) is 3.43. The van der Waals surface area contributed by atoms with Gasteiger partial charge in [-0.15, -0.1) is 10.2 Å². The first kappa shape index (κ1) is 19.5. The number of aromatic nitrogens is 3. The molecular formula is C22H28ClN3O3. The Kier molecular flexibility index (Phi) is 4.93. The highest BCUT2D eigenvalue weighted by atomic mass is 35.5. The van der Waals surface area contributed by atoms with Crippen molar-refractivity contribution in [1.82, 2.24) is 14.8 Å². The summed E-state index contributed by atoms with van der Waals surface area (Å²) < 4.78 is 20.2. The predicted molar refractivity (Wildman–Crippen MR) is 110 cm³/mol. The zero-order chi connectivity index (χ0) is 20.1. The van der Waals surface area contributed by atoms with E-state index in [0.717, 1.165) is 60.0 Å². The molecule has 0 atom stereocenters. The van der Waals surface area contributed by atoms with Crippen molar-refractivity contribution in [3.8, 4) is 5.69 Å². The maximum absolute atomic E-state index is 6.34. The van der Waals surface area contributed by atoms with Gasteiger partial charge >= 0.3 is 0 Å². The van der Waals surface area contributed by atoms with E-state index in [0.29, 0.717) is 32.0 Å². The van der Waals surface area contributed by atoms with Crippen LogP contribution in [-0.4, -0.2) is 46.5 Å². The minimum absolute atomic E-state index is 0.0131. The topological polar surface area (TPSA) is 58.4 Å². The quantitative estimate of drug-likeness (QED) is 0.748. The number of nitrogens with zero attached hydrogens (tertiary/aromatic N) is 3. The number of methoxy groups -OCH3 is 1. The van der Waals surface area contributed by atoms with E-state index in [-0.39, 0.29) is 5.60 Å². The Morgan fingerprint density at radius 1 is 1.17 bits per heavy atom. The number of fused-ring (bicyclic) bond motifs is 3. The third kappa shape index (κ3) is 3.30. The van der Waals surface area contributed by atoms with E-state index in [1.165, 1.54) is 0 Å². The molecule has 0 amide bonds. The van der Waals surface area contributed by atoms with Crippen LogP contribution < -0.4 is 0 Å². The predicted octanol–water partition coefficient (Wildman–Crippen LogP) is 4.22. The summed E-state index contributed by atoms with van der Waals surface area (Å²) in [4.78, 5) is 0. The summed E-state index contributed by atoms with van der Waals surface area (Å²) in [5.74, 6) is 1.65. The largest absolute Gasteiger partial charge is 0.378 e. The molecule has 7 heteroatoms. The van der Waals surface area contributed by atoms with E-state index in [2.05, 4.69) is 27.8 Å². The standard InChI is InChI=1S/C22H28ClN3O3/c1-3-21(27-2)8-6-15(7-9-21)20-25-24-19-14-22(28-10-11-29-22)13-16-12-17(23)4-5-18(16)26(19)20/h4-5,12,15H,3,6-11,13-14H2,1-2H3. The summed E-state index contributed by atoms with van der Waals surface area (Å²) >= 11 is 6.34. The highest BCUT2D eigenvalue weighted by Gasteiger charge is 2.43. The Morgan fingerprint density at radius 3 is 2.62 bits per heavy atom. The SMILES string of the molecule is CCC1(OC)CCC(c2nnc3n2-c2ccc(Cl)cc2CC2(C3)OCCO2)CC1. The molecule has 2 aromatic rings. The van der Waals surface area contributed by atoms with Crippen LogP contribution in [-0.2, 0) is 27.1 Å². The second-order valence-electron chi connectivity index (χ2n) is 8.56. The maximum atomic E-state index is 6.34. The number of ether oxygens (including phenoxy) is 3. The lowest BCUT2D eigenvalue weighted by Crippen LogP contribution is -2.35. The Hall–Kier alpha value is -1.47. The smallest absolute Gasteiger partial charge is 0.179 e. The molecule has 2 fully saturated rings. The number of hydrogen-bond acceptors (Lipinski definition) is 5. The first-order chi connectivity index (χ1) is 14.1. The fourth-order valence-electron chi connectivity index (χ4n) is 5.28. The van der Waals surface area contributed by atoms with Crippen molar-refractivity contribution >= 4 is 11.6 Å². The monoisotopic (exact) mass is 417 g/mol. The van der Waals surface area contributed by atoms with Gasteiger partial charge in [0, 0.05) is 24.5 Å². The van der Waals surface area contributed by atoms with Gasteiger partial charge in [-0.05, 0) is 55.9 Å². The van der Waals surface area contributed by atoms with Gasteiger partial charge in [0.2, 0.25) is 0 Å². The average Bonchev–Trinajstić information content (AvgIpc) is 3.33. The van der Waals surface area contributed by atoms with Crippen LogP contribution in [0.2, 0.25) is 5.02 Å². The third-order valence-corrected chi connectivity index (χ3v) is 7.31. The van der Waals surface area contributed by atoms with Crippen LogP contribution in [0.3, 0.4) is 0 Å². The zero-order valence-electron chi connectivity index (χ0n) is 17.1. The van der Waals surface area contributed by atoms with Crippen molar-refractivity contribution in [2.45, 2.75) is 69.2 Å². The molecule has 1 aromatic heterocycles. The normalized spacial score (nSPS) is 28.2. The lowest BCUT2D eigenvalue weighted by Gasteiger charge is -2.38. The van der Waals surface area contributed by atoms with E-state index < -0.39 is 5.79 Å². The summed E-state index contributed by atoms with van der Waals surface area (Å²) in [5.41, 5.74) is 2.23. The van der Waals surface area contributed by atoms with Crippen molar-refractivity contribution in [3.05, 3.63) is 40.4 Å². The summed E-state index contributed by atoms with van der Waals surface area (Å²) in [7, 11) is 1.84. The van der Waals surface area contributed by atoms with Crippen molar-refractivity contribution in [1.29, 1.82) is 0 Å². The number of halogens is 1. The highest BCUT2D eigenvalue weighted by Crippen LogP contribution is 2.43. The van der Waals surface area contributed by atoms with Gasteiger partial charge in [-0.2, -0.15) is 0 Å². The minimum atomic E-state index is -0.669. The Balaban J connectivity index is 1.55. The van der Waals surface area contributed by atoms with Crippen LogP contribution in [0.25, 0.3) is 5.69 Å². The van der Waals surface area contributed by atoms with Crippen molar-refractivity contribution in [3.63, 3.8) is 0 Å². The number of rotatable bonds is 3. The fraction of sp³-hybridized carbons (Fsp3) is 0.636. The molecule has 0 unspecified atom stereocenters. The van der Waals surface area contributed by atoms with E-state index in [1.807, 2.05) is 19.2 Å². The van der Waals surface area contributed by atoms with Crippen LogP contribution in [0.5, 0.6) is 0 Å². The van der Waals surface area contributed by atoms with Gasteiger partial charge < -0.3 is 14.2 Å². The second kappa shape index (κ2) is 7.34. The van der Waals surface area contributed by atoms with Gasteiger partial charge in [0.1, 0.15) is 11.6 Å². The molecule has 29 heavy (non-hydrogen) atoms. The summed E-state index contributed by atoms with van der Waals surface area (Å²) in [5, 5.41) is 9.99. The molecule has 0 radical (unpaired) electrons. The van der Waals surface area contributed by atoms with Crippen LogP contribution in [0.4, 0.5) is 0 Å². The minimum Gasteiger partial charge on any atom is -0.378 e. The third-order valence-electron chi connectivity index (χ3n) is 7.08. The lowest BCUT2D eigenvalue weighted by atomic mass is 9.77. The molecule has 5 rings (SSSR count). The van der Waals surface area contributed by atoms with Crippen molar-refractivity contribution in [2.75, 3.05) is 20.3 Å². The Bertz CT molecular complexity index is 893. The molecule has 1 saturated heterocycles.